The number of halogens is 4. The molecule has 0 aliphatic carbocycles. The average molecular weight is 524 g/mol. The Labute approximate surface area is 213 Å². The Hall–Kier alpha value is -2.24. The lowest BCUT2D eigenvalue weighted by molar-refractivity contribution is -0.140. The van der Waals surface area contributed by atoms with Crippen LogP contribution in [0.25, 0.3) is 0 Å². The summed E-state index contributed by atoms with van der Waals surface area (Å²) >= 11 is 25.1. The molecule has 0 aliphatic rings. The minimum atomic E-state index is -0.780. The zero-order chi connectivity index (χ0) is 24.0. The molecule has 0 unspecified atom stereocenters. The number of carbonyl (C=O) groups is 2. The maximum Gasteiger partial charge on any atom is 0.242 e. The number of rotatable bonds is 8. The van der Waals surface area contributed by atoms with E-state index in [0.29, 0.717) is 37.6 Å². The van der Waals surface area contributed by atoms with Crippen molar-refractivity contribution in [3.05, 3.63) is 104 Å². The normalized spacial score (nSPS) is 11.7. The highest BCUT2D eigenvalue weighted by atomic mass is 35.5. The van der Waals surface area contributed by atoms with Gasteiger partial charge in [0.25, 0.3) is 0 Å². The Morgan fingerprint density at radius 2 is 1.55 bits per heavy atom. The van der Waals surface area contributed by atoms with Gasteiger partial charge in [0.05, 0.1) is 6.42 Å². The number of nitrogens with zero attached hydrogens (tertiary/aromatic N) is 1. The molecule has 0 heterocycles. The van der Waals surface area contributed by atoms with Gasteiger partial charge in [0, 0.05) is 40.1 Å². The molecule has 2 amide bonds. The van der Waals surface area contributed by atoms with E-state index in [2.05, 4.69) is 5.32 Å². The van der Waals surface area contributed by atoms with Crippen molar-refractivity contribution in [2.45, 2.75) is 25.4 Å². The second-order valence-corrected chi connectivity index (χ2v) is 9.11. The van der Waals surface area contributed by atoms with Crippen LogP contribution in [0.2, 0.25) is 20.1 Å². The molecule has 8 heteroatoms. The lowest BCUT2D eigenvalue weighted by Crippen LogP contribution is -2.50. The first-order valence-corrected chi connectivity index (χ1v) is 11.7. The molecule has 0 fully saturated rings. The monoisotopic (exact) mass is 522 g/mol. The summed E-state index contributed by atoms with van der Waals surface area (Å²) in [7, 11) is 1.54. The van der Waals surface area contributed by atoms with Gasteiger partial charge in [-0.15, -0.1) is 0 Å². The van der Waals surface area contributed by atoms with Crippen LogP contribution in [0, 0.1) is 0 Å². The van der Waals surface area contributed by atoms with Gasteiger partial charge in [-0.25, -0.2) is 0 Å². The summed E-state index contributed by atoms with van der Waals surface area (Å²) in [6.45, 7) is 0.113. The van der Waals surface area contributed by atoms with Crippen molar-refractivity contribution in [3.8, 4) is 0 Å². The minimum absolute atomic E-state index is 0.0635. The van der Waals surface area contributed by atoms with E-state index in [0.717, 1.165) is 5.56 Å². The molecule has 1 N–H and O–H groups in total. The number of carbonyl (C=O) groups excluding carboxylic acids is 2. The van der Waals surface area contributed by atoms with Gasteiger partial charge in [0.15, 0.2) is 0 Å². The minimum Gasteiger partial charge on any atom is -0.357 e. The number of nitrogens with one attached hydrogen (secondary N) is 1. The first-order valence-electron chi connectivity index (χ1n) is 10.2. The van der Waals surface area contributed by atoms with Crippen LogP contribution in [-0.2, 0) is 29.0 Å². The molecule has 3 rings (SSSR count). The van der Waals surface area contributed by atoms with Gasteiger partial charge in [0.1, 0.15) is 6.04 Å². The molecule has 172 valence electrons. The Bertz CT molecular complexity index is 1120. The van der Waals surface area contributed by atoms with Crippen molar-refractivity contribution in [2.24, 2.45) is 0 Å². The van der Waals surface area contributed by atoms with Crippen LogP contribution in [0.15, 0.2) is 66.7 Å². The maximum atomic E-state index is 13.6. The molecule has 3 aromatic carbocycles. The summed E-state index contributed by atoms with van der Waals surface area (Å²) in [5.74, 6) is -0.594. The third kappa shape index (κ3) is 6.64. The van der Waals surface area contributed by atoms with Crippen LogP contribution in [0.4, 0.5) is 0 Å². The number of hydrogen-bond donors (Lipinski definition) is 1. The summed E-state index contributed by atoms with van der Waals surface area (Å²) in [4.78, 5) is 28.1. The van der Waals surface area contributed by atoms with Crippen LogP contribution >= 0.6 is 46.4 Å². The molecule has 0 aromatic heterocycles. The molecule has 1 atom stereocenters. The van der Waals surface area contributed by atoms with Crippen molar-refractivity contribution in [2.75, 3.05) is 7.05 Å². The topological polar surface area (TPSA) is 49.4 Å². The van der Waals surface area contributed by atoms with Gasteiger partial charge in [0.2, 0.25) is 11.8 Å². The lowest BCUT2D eigenvalue weighted by Gasteiger charge is -2.31. The number of likely N-dealkylation sites (N-methyl/N-ethyl adjacent to an activating group) is 1. The summed E-state index contributed by atoms with van der Waals surface area (Å²) in [5, 5.41) is 4.35. The average Bonchev–Trinajstić information content (AvgIpc) is 2.80. The Kier molecular flexibility index (Phi) is 9.04. The molecule has 3 aromatic rings. The fourth-order valence-electron chi connectivity index (χ4n) is 3.51. The molecular formula is C25H22Cl4N2O2. The van der Waals surface area contributed by atoms with E-state index < -0.39 is 6.04 Å². The van der Waals surface area contributed by atoms with Crippen LogP contribution in [0.3, 0.4) is 0 Å². The summed E-state index contributed by atoms with van der Waals surface area (Å²) in [6, 6.07) is 18.9. The maximum absolute atomic E-state index is 13.6. The quantitative estimate of drug-likeness (QED) is 0.380. The molecule has 0 bridgehead atoms. The SMILES string of the molecule is CNC(=O)[C@@H](Cc1ccccc1)N(Cc1ccc(Cl)cc1Cl)C(=O)Cc1c(Cl)cccc1Cl. The molecule has 0 spiro atoms. The Balaban J connectivity index is 2.01. The molecular weight excluding hydrogens is 502 g/mol. The fraction of sp³-hybridized carbons (Fsp3) is 0.200. The third-order valence-electron chi connectivity index (χ3n) is 5.26. The van der Waals surface area contributed by atoms with Gasteiger partial charge >= 0.3 is 0 Å². The van der Waals surface area contributed by atoms with Gasteiger partial charge in [-0.05, 0) is 41.0 Å². The number of benzene rings is 3. The summed E-state index contributed by atoms with van der Waals surface area (Å²) in [5.41, 5.74) is 2.09. The van der Waals surface area contributed by atoms with Crippen molar-refractivity contribution >= 4 is 58.2 Å². The standard InChI is InChI=1S/C25H22Cl4N2O2/c1-30-25(33)23(12-16-6-3-2-4-7-16)31(15-17-10-11-18(26)13-22(17)29)24(32)14-19-20(27)8-5-9-21(19)28/h2-11,13,23H,12,14-15H2,1H3,(H,30,33)/t23-/m1/s1. The first-order chi connectivity index (χ1) is 15.8. The van der Waals surface area contributed by atoms with Gasteiger partial charge < -0.3 is 10.2 Å². The molecule has 0 saturated heterocycles. The summed E-state index contributed by atoms with van der Waals surface area (Å²) < 4.78 is 0. The predicted octanol–water partition coefficient (Wildman–Crippen LogP) is 6.23. The van der Waals surface area contributed by atoms with Crippen LogP contribution in [-0.4, -0.2) is 29.8 Å². The van der Waals surface area contributed by atoms with Gasteiger partial charge in [-0.3, -0.25) is 9.59 Å². The number of amides is 2. The van der Waals surface area contributed by atoms with E-state index in [1.807, 2.05) is 30.3 Å². The number of hydrogen-bond acceptors (Lipinski definition) is 2. The third-order valence-corrected chi connectivity index (χ3v) is 6.56. The molecule has 4 nitrogen and oxygen atoms in total. The van der Waals surface area contributed by atoms with Crippen molar-refractivity contribution in [3.63, 3.8) is 0 Å². The zero-order valence-corrected chi connectivity index (χ0v) is 20.8. The fourth-order valence-corrected chi connectivity index (χ4v) is 4.51. The van der Waals surface area contributed by atoms with Gasteiger partial charge in [-0.1, -0.05) is 88.9 Å². The van der Waals surface area contributed by atoms with Crippen LogP contribution in [0.5, 0.6) is 0 Å². The van der Waals surface area contributed by atoms with Crippen molar-refractivity contribution in [1.82, 2.24) is 10.2 Å². The van der Waals surface area contributed by atoms with E-state index in [4.69, 9.17) is 46.4 Å². The van der Waals surface area contributed by atoms with Crippen molar-refractivity contribution in [1.29, 1.82) is 0 Å². The second kappa shape index (κ2) is 11.8. The Morgan fingerprint density at radius 3 is 2.15 bits per heavy atom. The highest BCUT2D eigenvalue weighted by molar-refractivity contribution is 6.36. The molecule has 33 heavy (non-hydrogen) atoms. The first kappa shape index (κ1) is 25.4. The van der Waals surface area contributed by atoms with Gasteiger partial charge in [-0.2, -0.15) is 0 Å². The molecule has 0 saturated carbocycles. The molecule has 0 aliphatic heterocycles. The lowest BCUT2D eigenvalue weighted by atomic mass is 10.0. The van der Waals surface area contributed by atoms with E-state index >= 15 is 0 Å². The Morgan fingerprint density at radius 1 is 0.879 bits per heavy atom. The predicted molar refractivity (Wildman–Crippen MR) is 135 cm³/mol. The van der Waals surface area contributed by atoms with E-state index in [1.165, 1.54) is 4.90 Å². The highest BCUT2D eigenvalue weighted by Gasteiger charge is 2.31. The van der Waals surface area contributed by atoms with Crippen LogP contribution in [0.1, 0.15) is 16.7 Å². The highest BCUT2D eigenvalue weighted by Crippen LogP contribution is 2.28. The van der Waals surface area contributed by atoms with Crippen LogP contribution < -0.4 is 5.32 Å². The van der Waals surface area contributed by atoms with E-state index in [1.54, 1.807) is 43.4 Å². The largest absolute Gasteiger partial charge is 0.357 e. The second-order valence-electron chi connectivity index (χ2n) is 7.45. The zero-order valence-electron chi connectivity index (χ0n) is 17.8. The van der Waals surface area contributed by atoms with E-state index in [9.17, 15) is 9.59 Å². The van der Waals surface area contributed by atoms with Crippen molar-refractivity contribution < 1.29 is 9.59 Å². The molecule has 0 radical (unpaired) electrons. The van der Waals surface area contributed by atoms with E-state index in [-0.39, 0.29) is 24.8 Å². The smallest absolute Gasteiger partial charge is 0.242 e. The summed E-state index contributed by atoms with van der Waals surface area (Å²) in [6.07, 6.45) is 0.264.